The normalized spacial score (nSPS) is 24.7. The molecule has 1 amide bonds. The van der Waals surface area contributed by atoms with Gasteiger partial charge >= 0.3 is 0 Å². The van der Waals surface area contributed by atoms with Crippen LogP contribution in [0.4, 0.5) is 4.39 Å². The number of nitrogens with zero attached hydrogens (tertiary/aromatic N) is 3. The van der Waals surface area contributed by atoms with Crippen LogP contribution in [0.15, 0.2) is 24.4 Å². The second kappa shape index (κ2) is 6.39. The van der Waals surface area contributed by atoms with Crippen molar-refractivity contribution in [2.24, 2.45) is 0 Å². The standard InChI is InChI=1S/C19H23FN4O2/c1-11-7-12(20)3-6-16(11)24-10-17(25)18(22-24)19(26)23(2)15-8-13-4-5-14(9-15)21-13/h3,6-7,10,13-15,21,25H,4-5,8-9H2,1-2H3. The zero-order chi connectivity index (χ0) is 18.4. The summed E-state index contributed by atoms with van der Waals surface area (Å²) in [6.45, 7) is 1.76. The minimum absolute atomic E-state index is 0.0297. The van der Waals surface area contributed by atoms with Crippen molar-refractivity contribution < 1.29 is 14.3 Å². The molecule has 2 aliphatic rings. The first kappa shape index (κ1) is 17.0. The summed E-state index contributed by atoms with van der Waals surface area (Å²) >= 11 is 0. The zero-order valence-corrected chi connectivity index (χ0v) is 14.9. The lowest BCUT2D eigenvalue weighted by Gasteiger charge is -2.35. The molecule has 138 valence electrons. The summed E-state index contributed by atoms with van der Waals surface area (Å²) in [6, 6.07) is 5.41. The molecule has 2 atom stereocenters. The average Bonchev–Trinajstić information content (AvgIpc) is 3.15. The van der Waals surface area contributed by atoms with E-state index < -0.39 is 0 Å². The maximum absolute atomic E-state index is 13.3. The number of aromatic nitrogens is 2. The fraction of sp³-hybridized carbons (Fsp3) is 0.474. The number of hydrogen-bond acceptors (Lipinski definition) is 4. The lowest BCUT2D eigenvalue weighted by Crippen LogP contribution is -2.48. The summed E-state index contributed by atoms with van der Waals surface area (Å²) in [5.74, 6) is -0.783. The number of piperidine rings is 1. The molecule has 0 radical (unpaired) electrons. The van der Waals surface area contributed by atoms with Crippen molar-refractivity contribution in [3.8, 4) is 11.4 Å². The van der Waals surface area contributed by atoms with Crippen LogP contribution in [0.2, 0.25) is 0 Å². The highest BCUT2D eigenvalue weighted by atomic mass is 19.1. The molecular weight excluding hydrogens is 335 g/mol. The molecule has 0 saturated carbocycles. The Bertz CT molecular complexity index is 838. The van der Waals surface area contributed by atoms with E-state index >= 15 is 0 Å². The van der Waals surface area contributed by atoms with Gasteiger partial charge in [-0.1, -0.05) is 0 Å². The van der Waals surface area contributed by atoms with Gasteiger partial charge < -0.3 is 15.3 Å². The van der Waals surface area contributed by atoms with Crippen molar-refractivity contribution in [2.75, 3.05) is 7.05 Å². The van der Waals surface area contributed by atoms with Gasteiger partial charge in [0.15, 0.2) is 11.4 Å². The quantitative estimate of drug-likeness (QED) is 0.884. The summed E-state index contributed by atoms with van der Waals surface area (Å²) in [6.07, 6.45) is 5.57. The van der Waals surface area contributed by atoms with E-state index in [-0.39, 0.29) is 29.2 Å². The van der Waals surface area contributed by atoms with Gasteiger partial charge in [0.05, 0.1) is 11.9 Å². The fourth-order valence-corrected chi connectivity index (χ4v) is 4.19. The first-order valence-corrected chi connectivity index (χ1v) is 9.00. The molecule has 2 N–H and O–H groups in total. The number of amides is 1. The molecule has 2 aromatic rings. The third-order valence-electron chi connectivity index (χ3n) is 5.62. The van der Waals surface area contributed by atoms with Crippen LogP contribution in [-0.4, -0.2) is 50.9 Å². The molecule has 0 spiro atoms. The molecule has 1 aromatic carbocycles. The Morgan fingerprint density at radius 1 is 1.35 bits per heavy atom. The van der Waals surface area contributed by atoms with Crippen LogP contribution >= 0.6 is 0 Å². The molecule has 2 fully saturated rings. The van der Waals surface area contributed by atoms with E-state index in [0.717, 1.165) is 25.7 Å². The number of halogens is 1. The third kappa shape index (κ3) is 2.96. The van der Waals surface area contributed by atoms with Gasteiger partial charge in [0, 0.05) is 25.2 Å². The smallest absolute Gasteiger partial charge is 0.278 e. The van der Waals surface area contributed by atoms with E-state index in [0.29, 0.717) is 23.3 Å². The van der Waals surface area contributed by atoms with E-state index in [4.69, 9.17) is 0 Å². The molecule has 2 bridgehead atoms. The Kier molecular flexibility index (Phi) is 4.19. The maximum Gasteiger partial charge on any atom is 0.278 e. The molecule has 2 aliphatic heterocycles. The van der Waals surface area contributed by atoms with E-state index in [9.17, 15) is 14.3 Å². The Balaban J connectivity index is 1.57. The lowest BCUT2D eigenvalue weighted by molar-refractivity contribution is 0.0672. The van der Waals surface area contributed by atoms with Crippen LogP contribution in [-0.2, 0) is 0 Å². The largest absolute Gasteiger partial charge is 0.504 e. The van der Waals surface area contributed by atoms with Crippen molar-refractivity contribution in [3.05, 3.63) is 41.5 Å². The first-order chi connectivity index (χ1) is 12.4. The van der Waals surface area contributed by atoms with E-state index in [1.54, 1.807) is 24.9 Å². The molecule has 6 nitrogen and oxygen atoms in total. The Morgan fingerprint density at radius 3 is 2.69 bits per heavy atom. The third-order valence-corrected chi connectivity index (χ3v) is 5.62. The minimum Gasteiger partial charge on any atom is -0.504 e. The number of aromatic hydroxyl groups is 1. The molecule has 2 saturated heterocycles. The number of benzene rings is 1. The van der Waals surface area contributed by atoms with Gasteiger partial charge in [0.25, 0.3) is 5.91 Å². The number of fused-ring (bicyclic) bond motifs is 2. The second-order valence-corrected chi connectivity index (χ2v) is 7.42. The molecule has 0 aliphatic carbocycles. The molecule has 7 heteroatoms. The lowest BCUT2D eigenvalue weighted by atomic mass is 9.98. The predicted molar refractivity (Wildman–Crippen MR) is 95.0 cm³/mol. The van der Waals surface area contributed by atoms with Crippen LogP contribution < -0.4 is 5.32 Å². The maximum atomic E-state index is 13.3. The van der Waals surface area contributed by atoms with Gasteiger partial charge in [-0.25, -0.2) is 9.07 Å². The van der Waals surface area contributed by atoms with Crippen LogP contribution in [0.3, 0.4) is 0 Å². The van der Waals surface area contributed by atoms with Gasteiger partial charge in [-0.3, -0.25) is 4.79 Å². The molecule has 26 heavy (non-hydrogen) atoms. The van der Waals surface area contributed by atoms with Gasteiger partial charge in [0.1, 0.15) is 5.82 Å². The molecular formula is C19H23FN4O2. The number of carbonyl (C=O) groups excluding carboxylic acids is 1. The molecule has 1 aromatic heterocycles. The number of carbonyl (C=O) groups is 1. The Hall–Kier alpha value is -2.41. The van der Waals surface area contributed by atoms with Crippen LogP contribution in [0, 0.1) is 12.7 Å². The van der Waals surface area contributed by atoms with Gasteiger partial charge in [-0.2, -0.15) is 5.10 Å². The monoisotopic (exact) mass is 358 g/mol. The van der Waals surface area contributed by atoms with Gasteiger partial charge in [-0.05, 0) is 56.4 Å². The van der Waals surface area contributed by atoms with Crippen molar-refractivity contribution in [2.45, 2.75) is 50.7 Å². The SMILES string of the molecule is Cc1cc(F)ccc1-n1cc(O)c(C(=O)N(C)C2CC3CCC(C2)N3)n1. The van der Waals surface area contributed by atoms with Crippen LogP contribution in [0.25, 0.3) is 5.69 Å². The summed E-state index contributed by atoms with van der Waals surface area (Å²) in [5.41, 5.74) is 1.33. The highest BCUT2D eigenvalue weighted by Crippen LogP contribution is 2.30. The van der Waals surface area contributed by atoms with Crippen molar-refractivity contribution in [1.29, 1.82) is 0 Å². The second-order valence-electron chi connectivity index (χ2n) is 7.42. The predicted octanol–water partition coefficient (Wildman–Crippen LogP) is 2.38. The Labute approximate surface area is 151 Å². The fourth-order valence-electron chi connectivity index (χ4n) is 4.19. The average molecular weight is 358 g/mol. The van der Waals surface area contributed by atoms with Crippen molar-refractivity contribution >= 4 is 5.91 Å². The van der Waals surface area contributed by atoms with Crippen LogP contribution in [0.1, 0.15) is 41.7 Å². The van der Waals surface area contributed by atoms with Gasteiger partial charge in [-0.15, -0.1) is 0 Å². The topological polar surface area (TPSA) is 70.4 Å². The molecule has 3 heterocycles. The highest BCUT2D eigenvalue weighted by molar-refractivity contribution is 5.95. The highest BCUT2D eigenvalue weighted by Gasteiger charge is 2.37. The van der Waals surface area contributed by atoms with Gasteiger partial charge in [0.2, 0.25) is 0 Å². The van der Waals surface area contributed by atoms with E-state index in [2.05, 4.69) is 10.4 Å². The van der Waals surface area contributed by atoms with Crippen LogP contribution in [0.5, 0.6) is 5.75 Å². The van der Waals surface area contributed by atoms with E-state index in [1.165, 1.54) is 23.0 Å². The first-order valence-electron chi connectivity index (χ1n) is 9.00. The number of hydrogen-bond donors (Lipinski definition) is 2. The van der Waals surface area contributed by atoms with Crippen molar-refractivity contribution in [3.63, 3.8) is 0 Å². The van der Waals surface area contributed by atoms with Crippen molar-refractivity contribution in [1.82, 2.24) is 20.0 Å². The Morgan fingerprint density at radius 2 is 2.04 bits per heavy atom. The summed E-state index contributed by atoms with van der Waals surface area (Å²) in [5, 5.41) is 18.1. The summed E-state index contributed by atoms with van der Waals surface area (Å²) in [7, 11) is 1.78. The number of rotatable bonds is 3. The molecule has 4 rings (SSSR count). The molecule has 2 unspecified atom stereocenters. The number of nitrogens with one attached hydrogen (secondary N) is 1. The summed E-state index contributed by atoms with van der Waals surface area (Å²) in [4.78, 5) is 14.6. The number of aryl methyl sites for hydroxylation is 1. The summed E-state index contributed by atoms with van der Waals surface area (Å²) < 4.78 is 14.7. The zero-order valence-electron chi connectivity index (χ0n) is 14.9. The minimum atomic E-state index is -0.334. The van der Waals surface area contributed by atoms with E-state index in [1.807, 2.05) is 0 Å².